The van der Waals surface area contributed by atoms with Crippen molar-refractivity contribution in [3.8, 4) is 0 Å². The third kappa shape index (κ3) is 3.69. The van der Waals surface area contributed by atoms with E-state index in [0.717, 1.165) is 45.3 Å². The van der Waals surface area contributed by atoms with Crippen LogP contribution in [0, 0.1) is 11.8 Å². The summed E-state index contributed by atoms with van der Waals surface area (Å²) in [6, 6.07) is 0. The van der Waals surface area contributed by atoms with Gasteiger partial charge < -0.3 is 14.2 Å². The molecule has 1 aromatic rings. The molecule has 3 heterocycles. The summed E-state index contributed by atoms with van der Waals surface area (Å²) in [4.78, 5) is 18.9. The summed E-state index contributed by atoms with van der Waals surface area (Å²) in [5.41, 5.74) is -0.154. The first-order valence-electron chi connectivity index (χ1n) is 8.42. The van der Waals surface area contributed by atoms with E-state index in [-0.39, 0.29) is 11.5 Å². The second-order valence-corrected chi connectivity index (χ2v) is 7.33. The third-order valence-corrected chi connectivity index (χ3v) is 5.00. The lowest BCUT2D eigenvalue weighted by Crippen LogP contribution is -2.46. The zero-order chi connectivity index (χ0) is 15.6. The van der Waals surface area contributed by atoms with Gasteiger partial charge in [0, 0.05) is 44.6 Å². The van der Waals surface area contributed by atoms with Crippen molar-refractivity contribution >= 4 is 5.91 Å². The van der Waals surface area contributed by atoms with Gasteiger partial charge in [-0.2, -0.15) is 0 Å². The van der Waals surface area contributed by atoms with Crippen molar-refractivity contribution in [1.29, 1.82) is 0 Å². The van der Waals surface area contributed by atoms with E-state index in [2.05, 4.69) is 28.3 Å². The topological polar surface area (TPSA) is 47.4 Å². The molecule has 3 rings (SSSR count). The molecule has 122 valence electrons. The van der Waals surface area contributed by atoms with Crippen molar-refractivity contribution in [1.82, 2.24) is 14.5 Å². The quantitative estimate of drug-likeness (QED) is 0.861. The molecule has 1 amide bonds. The van der Waals surface area contributed by atoms with Crippen LogP contribution in [-0.4, -0.2) is 45.7 Å². The van der Waals surface area contributed by atoms with E-state index in [4.69, 9.17) is 4.74 Å². The maximum atomic E-state index is 12.7. The van der Waals surface area contributed by atoms with Crippen LogP contribution in [-0.2, 0) is 16.1 Å². The summed E-state index contributed by atoms with van der Waals surface area (Å²) in [6.45, 7) is 7.70. The number of likely N-dealkylation sites (tertiary alicyclic amines) is 1. The Morgan fingerprint density at radius 1 is 1.32 bits per heavy atom. The van der Waals surface area contributed by atoms with Gasteiger partial charge in [0.05, 0.1) is 11.9 Å². The van der Waals surface area contributed by atoms with Crippen molar-refractivity contribution in [3.63, 3.8) is 0 Å². The highest BCUT2D eigenvalue weighted by Gasteiger charge is 2.35. The Balaban J connectivity index is 1.49. The zero-order valence-electron chi connectivity index (χ0n) is 13.7. The number of rotatable bonds is 3. The van der Waals surface area contributed by atoms with Gasteiger partial charge in [-0.1, -0.05) is 0 Å². The van der Waals surface area contributed by atoms with Crippen molar-refractivity contribution in [3.05, 3.63) is 18.7 Å². The van der Waals surface area contributed by atoms with Crippen LogP contribution in [0.4, 0.5) is 0 Å². The van der Waals surface area contributed by atoms with E-state index in [0.29, 0.717) is 18.4 Å². The number of ether oxygens (including phenoxy) is 1. The van der Waals surface area contributed by atoms with Crippen LogP contribution in [0.5, 0.6) is 0 Å². The van der Waals surface area contributed by atoms with Gasteiger partial charge in [-0.3, -0.25) is 4.79 Å². The van der Waals surface area contributed by atoms with Gasteiger partial charge >= 0.3 is 0 Å². The fourth-order valence-electron chi connectivity index (χ4n) is 3.73. The molecule has 0 bridgehead atoms. The van der Waals surface area contributed by atoms with Gasteiger partial charge in [0.15, 0.2) is 0 Å². The second kappa shape index (κ2) is 6.41. The highest BCUT2D eigenvalue weighted by molar-refractivity contribution is 5.79. The summed E-state index contributed by atoms with van der Waals surface area (Å²) in [5, 5.41) is 0. The third-order valence-electron chi connectivity index (χ3n) is 5.00. The fourth-order valence-corrected chi connectivity index (χ4v) is 3.73. The minimum absolute atomic E-state index is 0.147. The summed E-state index contributed by atoms with van der Waals surface area (Å²) in [7, 11) is 0. The molecule has 2 fully saturated rings. The van der Waals surface area contributed by atoms with Gasteiger partial charge in [0.25, 0.3) is 0 Å². The molecule has 2 aliphatic rings. The van der Waals surface area contributed by atoms with Crippen LogP contribution in [0.15, 0.2) is 18.7 Å². The molecule has 0 radical (unpaired) electrons. The smallest absolute Gasteiger partial charge is 0.225 e. The van der Waals surface area contributed by atoms with Gasteiger partial charge in [-0.25, -0.2) is 4.98 Å². The van der Waals surface area contributed by atoms with Crippen molar-refractivity contribution in [2.24, 2.45) is 11.8 Å². The Morgan fingerprint density at radius 3 is 2.73 bits per heavy atom. The lowest BCUT2D eigenvalue weighted by molar-refractivity contribution is -0.146. The van der Waals surface area contributed by atoms with E-state index in [1.807, 2.05) is 18.7 Å². The minimum atomic E-state index is -0.154. The van der Waals surface area contributed by atoms with Crippen LogP contribution in [0.25, 0.3) is 0 Å². The van der Waals surface area contributed by atoms with E-state index < -0.39 is 0 Å². The molecule has 2 saturated heterocycles. The highest BCUT2D eigenvalue weighted by atomic mass is 16.5. The van der Waals surface area contributed by atoms with Crippen LogP contribution in [0.3, 0.4) is 0 Å². The van der Waals surface area contributed by atoms with Gasteiger partial charge in [-0.15, -0.1) is 0 Å². The molecule has 0 N–H and O–H groups in total. The molecule has 5 heteroatoms. The first kappa shape index (κ1) is 15.5. The summed E-state index contributed by atoms with van der Waals surface area (Å²) < 4.78 is 7.87. The first-order chi connectivity index (χ1) is 10.5. The van der Waals surface area contributed by atoms with E-state index in [9.17, 15) is 4.79 Å². The monoisotopic (exact) mass is 305 g/mol. The van der Waals surface area contributed by atoms with Gasteiger partial charge in [0.1, 0.15) is 0 Å². The van der Waals surface area contributed by atoms with E-state index in [1.54, 1.807) is 0 Å². The molecule has 1 atom stereocenters. The molecule has 1 unspecified atom stereocenters. The Kier molecular flexibility index (Phi) is 4.52. The number of piperidine rings is 1. The Labute approximate surface area is 132 Å². The van der Waals surface area contributed by atoms with Crippen molar-refractivity contribution in [2.45, 2.75) is 51.7 Å². The average molecular weight is 305 g/mol. The molecule has 0 aromatic carbocycles. The number of hydrogen-bond acceptors (Lipinski definition) is 3. The fraction of sp³-hybridized carbons (Fsp3) is 0.765. The standard InChI is InChI=1S/C17H27N3O2/c1-17(2)11-15(5-10-22-17)16(21)20-7-3-14(4-8-20)12-19-9-6-18-13-19/h6,9,13-15H,3-5,7-8,10-12H2,1-2H3. The summed E-state index contributed by atoms with van der Waals surface area (Å²) in [5.74, 6) is 1.15. The molecule has 22 heavy (non-hydrogen) atoms. The minimum Gasteiger partial charge on any atom is -0.376 e. The molecular formula is C17H27N3O2. The number of aromatic nitrogens is 2. The van der Waals surface area contributed by atoms with Crippen molar-refractivity contribution in [2.75, 3.05) is 19.7 Å². The Bertz CT molecular complexity index is 490. The van der Waals surface area contributed by atoms with Gasteiger partial charge in [-0.05, 0) is 45.4 Å². The van der Waals surface area contributed by atoms with Crippen LogP contribution in [0.2, 0.25) is 0 Å². The van der Waals surface area contributed by atoms with Gasteiger partial charge in [0.2, 0.25) is 5.91 Å². The second-order valence-electron chi connectivity index (χ2n) is 7.33. The Morgan fingerprint density at radius 2 is 2.09 bits per heavy atom. The maximum Gasteiger partial charge on any atom is 0.225 e. The molecule has 1 aromatic heterocycles. The molecule has 0 aliphatic carbocycles. The lowest BCUT2D eigenvalue weighted by atomic mass is 9.86. The first-order valence-corrected chi connectivity index (χ1v) is 8.42. The zero-order valence-corrected chi connectivity index (χ0v) is 13.7. The number of carbonyl (C=O) groups excluding carboxylic acids is 1. The molecule has 0 spiro atoms. The predicted octanol–water partition coefficient (Wildman–Crippen LogP) is 2.33. The number of nitrogens with zero attached hydrogens (tertiary/aromatic N) is 3. The van der Waals surface area contributed by atoms with E-state index >= 15 is 0 Å². The van der Waals surface area contributed by atoms with E-state index in [1.165, 1.54) is 0 Å². The molecule has 2 aliphatic heterocycles. The SMILES string of the molecule is CC1(C)CC(C(=O)N2CCC(Cn3ccnc3)CC2)CCO1. The Hall–Kier alpha value is -1.36. The van der Waals surface area contributed by atoms with Crippen molar-refractivity contribution < 1.29 is 9.53 Å². The summed E-state index contributed by atoms with van der Waals surface area (Å²) >= 11 is 0. The number of carbonyl (C=O) groups is 1. The predicted molar refractivity (Wildman–Crippen MR) is 84.3 cm³/mol. The summed E-state index contributed by atoms with van der Waals surface area (Å²) in [6.07, 6.45) is 9.62. The number of hydrogen-bond donors (Lipinski definition) is 0. The maximum absolute atomic E-state index is 12.7. The largest absolute Gasteiger partial charge is 0.376 e. The van der Waals surface area contributed by atoms with Crippen LogP contribution < -0.4 is 0 Å². The molecule has 0 saturated carbocycles. The highest BCUT2D eigenvalue weighted by Crippen LogP contribution is 2.31. The lowest BCUT2D eigenvalue weighted by Gasteiger charge is -2.39. The van der Waals surface area contributed by atoms with Crippen LogP contribution >= 0.6 is 0 Å². The number of amides is 1. The normalized spacial score (nSPS) is 26.1. The van der Waals surface area contributed by atoms with Crippen LogP contribution in [0.1, 0.15) is 39.5 Å². The molecule has 5 nitrogen and oxygen atoms in total. The molecular weight excluding hydrogens is 278 g/mol. The average Bonchev–Trinajstić information content (AvgIpc) is 2.99. The number of imidazole rings is 1.